The molecule has 1 N–H and O–H groups in total. The van der Waals surface area contributed by atoms with Gasteiger partial charge in [0, 0.05) is 56.1 Å². The monoisotopic (exact) mass is 345 g/mol. The molecule has 0 saturated carbocycles. The zero-order chi connectivity index (χ0) is 17.8. The molecule has 1 fully saturated rings. The van der Waals surface area contributed by atoms with E-state index in [2.05, 4.69) is 43.4 Å². The maximum absolute atomic E-state index is 4.53. The first kappa shape index (κ1) is 16.7. The number of rotatable bonds is 5. The smallest absolute Gasteiger partial charge is 0.130 e. The maximum atomic E-state index is 4.53. The van der Waals surface area contributed by atoms with E-state index in [1.165, 1.54) is 17.5 Å². The van der Waals surface area contributed by atoms with Gasteiger partial charge in [0.1, 0.15) is 5.82 Å². The normalized spacial score (nSPS) is 17.3. The summed E-state index contributed by atoms with van der Waals surface area (Å²) in [5.74, 6) is 1.52. The number of aromatic nitrogens is 3. The molecule has 5 nitrogen and oxygen atoms in total. The SMILES string of the molecule is CNc1ncccc1CN1CCC(c2ccnc(-c3ccncc3)c2)C1. The number of anilines is 1. The van der Waals surface area contributed by atoms with Gasteiger partial charge in [-0.25, -0.2) is 4.98 Å². The van der Waals surface area contributed by atoms with Crippen molar-refractivity contribution in [3.05, 3.63) is 72.3 Å². The molecule has 1 aliphatic rings. The standard InChI is InChI=1S/C21H23N5/c1-22-21-19(3-2-8-25-21)15-26-12-7-18(14-26)17-6-11-24-20(13-17)16-4-9-23-10-5-16/h2-6,8-11,13,18H,7,12,14-15H2,1H3,(H,22,25). The molecule has 26 heavy (non-hydrogen) atoms. The average molecular weight is 345 g/mol. The Labute approximate surface area is 154 Å². The van der Waals surface area contributed by atoms with Crippen molar-refractivity contribution >= 4 is 5.82 Å². The third kappa shape index (κ3) is 3.58. The van der Waals surface area contributed by atoms with Gasteiger partial charge in [-0.05, 0) is 54.8 Å². The quantitative estimate of drug-likeness (QED) is 0.766. The summed E-state index contributed by atoms with van der Waals surface area (Å²) in [6.07, 6.45) is 8.56. The number of nitrogens with zero attached hydrogens (tertiary/aromatic N) is 4. The minimum absolute atomic E-state index is 0.549. The first-order chi connectivity index (χ1) is 12.8. The van der Waals surface area contributed by atoms with Gasteiger partial charge in [0.25, 0.3) is 0 Å². The van der Waals surface area contributed by atoms with E-state index in [9.17, 15) is 0 Å². The Hall–Kier alpha value is -2.79. The lowest BCUT2D eigenvalue weighted by Gasteiger charge is -2.18. The third-order valence-electron chi connectivity index (χ3n) is 5.03. The second-order valence-electron chi connectivity index (χ2n) is 6.69. The molecule has 4 heterocycles. The largest absolute Gasteiger partial charge is 0.373 e. The number of hydrogen-bond donors (Lipinski definition) is 1. The molecule has 1 unspecified atom stereocenters. The van der Waals surface area contributed by atoms with Gasteiger partial charge in [0.2, 0.25) is 0 Å². The Balaban J connectivity index is 1.47. The minimum Gasteiger partial charge on any atom is -0.373 e. The van der Waals surface area contributed by atoms with E-state index in [1.807, 2.05) is 50.0 Å². The summed E-state index contributed by atoms with van der Waals surface area (Å²) in [5, 5.41) is 3.19. The summed E-state index contributed by atoms with van der Waals surface area (Å²) in [5.41, 5.74) is 4.76. The number of pyridine rings is 3. The lowest BCUT2D eigenvalue weighted by atomic mass is 9.97. The highest BCUT2D eigenvalue weighted by Gasteiger charge is 2.24. The van der Waals surface area contributed by atoms with Crippen LogP contribution >= 0.6 is 0 Å². The highest BCUT2D eigenvalue weighted by Crippen LogP contribution is 2.30. The van der Waals surface area contributed by atoms with Crippen LogP contribution in [-0.4, -0.2) is 40.0 Å². The predicted molar refractivity (Wildman–Crippen MR) is 104 cm³/mol. The summed E-state index contributed by atoms with van der Waals surface area (Å²) in [4.78, 5) is 15.5. The van der Waals surface area contributed by atoms with Gasteiger partial charge >= 0.3 is 0 Å². The lowest BCUT2D eigenvalue weighted by molar-refractivity contribution is 0.327. The van der Waals surface area contributed by atoms with Gasteiger partial charge in [-0.3, -0.25) is 14.9 Å². The minimum atomic E-state index is 0.549. The zero-order valence-electron chi connectivity index (χ0n) is 15.0. The molecule has 4 rings (SSSR count). The molecule has 0 radical (unpaired) electrons. The van der Waals surface area contributed by atoms with E-state index in [0.29, 0.717) is 5.92 Å². The van der Waals surface area contributed by atoms with Gasteiger partial charge in [0.15, 0.2) is 0 Å². The molecule has 0 aromatic carbocycles. The van der Waals surface area contributed by atoms with Crippen LogP contribution in [0.5, 0.6) is 0 Å². The molecule has 132 valence electrons. The summed E-state index contributed by atoms with van der Waals surface area (Å²) in [6, 6.07) is 12.6. The van der Waals surface area contributed by atoms with Crippen molar-refractivity contribution in [2.75, 3.05) is 25.5 Å². The maximum Gasteiger partial charge on any atom is 0.130 e. The summed E-state index contributed by atoms with van der Waals surface area (Å²) < 4.78 is 0. The molecule has 1 atom stereocenters. The second-order valence-corrected chi connectivity index (χ2v) is 6.69. The molecule has 3 aromatic heterocycles. The zero-order valence-corrected chi connectivity index (χ0v) is 15.0. The number of nitrogens with one attached hydrogen (secondary N) is 1. The molecule has 0 spiro atoms. The Morgan fingerprint density at radius 1 is 1.08 bits per heavy atom. The summed E-state index contributed by atoms with van der Waals surface area (Å²) >= 11 is 0. The van der Waals surface area contributed by atoms with Crippen LogP contribution in [0.25, 0.3) is 11.3 Å². The van der Waals surface area contributed by atoms with Crippen molar-refractivity contribution in [1.82, 2.24) is 19.9 Å². The van der Waals surface area contributed by atoms with E-state index in [1.54, 1.807) is 0 Å². The van der Waals surface area contributed by atoms with Crippen LogP contribution in [0.15, 0.2) is 61.2 Å². The molecular formula is C21H23N5. The molecule has 1 saturated heterocycles. The molecule has 0 bridgehead atoms. The molecule has 3 aromatic rings. The Kier molecular flexibility index (Phi) is 4.88. The fourth-order valence-electron chi connectivity index (χ4n) is 3.66. The summed E-state index contributed by atoms with van der Waals surface area (Å²) in [7, 11) is 1.93. The summed E-state index contributed by atoms with van der Waals surface area (Å²) in [6.45, 7) is 3.11. The van der Waals surface area contributed by atoms with Crippen molar-refractivity contribution in [3.8, 4) is 11.3 Å². The van der Waals surface area contributed by atoms with Crippen LogP contribution in [0.4, 0.5) is 5.82 Å². The van der Waals surface area contributed by atoms with Crippen LogP contribution in [-0.2, 0) is 6.54 Å². The van der Waals surface area contributed by atoms with E-state index in [-0.39, 0.29) is 0 Å². The molecule has 5 heteroatoms. The van der Waals surface area contributed by atoms with E-state index in [0.717, 1.165) is 36.7 Å². The Bertz CT molecular complexity index is 865. The van der Waals surface area contributed by atoms with E-state index < -0.39 is 0 Å². The second kappa shape index (κ2) is 7.62. The van der Waals surface area contributed by atoms with Crippen LogP contribution in [0, 0.1) is 0 Å². The molecule has 0 aliphatic carbocycles. The fraction of sp³-hybridized carbons (Fsp3) is 0.286. The van der Waals surface area contributed by atoms with Gasteiger partial charge in [-0.15, -0.1) is 0 Å². The molecule has 0 amide bonds. The van der Waals surface area contributed by atoms with Gasteiger partial charge < -0.3 is 5.32 Å². The first-order valence-electron chi connectivity index (χ1n) is 9.04. The molecule has 1 aliphatic heterocycles. The average Bonchev–Trinajstić information content (AvgIpc) is 3.18. The van der Waals surface area contributed by atoms with Crippen molar-refractivity contribution in [2.24, 2.45) is 0 Å². The Morgan fingerprint density at radius 2 is 1.96 bits per heavy atom. The lowest BCUT2D eigenvalue weighted by Crippen LogP contribution is -2.20. The topological polar surface area (TPSA) is 53.9 Å². The van der Waals surface area contributed by atoms with Gasteiger partial charge in [-0.2, -0.15) is 0 Å². The Morgan fingerprint density at radius 3 is 2.81 bits per heavy atom. The predicted octanol–water partition coefficient (Wildman–Crippen LogP) is 3.57. The third-order valence-corrected chi connectivity index (χ3v) is 5.03. The van der Waals surface area contributed by atoms with Crippen LogP contribution < -0.4 is 5.32 Å². The van der Waals surface area contributed by atoms with E-state index >= 15 is 0 Å². The highest BCUT2D eigenvalue weighted by atomic mass is 15.1. The first-order valence-corrected chi connectivity index (χ1v) is 9.04. The van der Waals surface area contributed by atoms with Crippen molar-refractivity contribution < 1.29 is 0 Å². The van der Waals surface area contributed by atoms with Crippen molar-refractivity contribution in [3.63, 3.8) is 0 Å². The fourth-order valence-corrected chi connectivity index (χ4v) is 3.66. The number of likely N-dealkylation sites (tertiary alicyclic amines) is 1. The van der Waals surface area contributed by atoms with Gasteiger partial charge in [0.05, 0.1) is 5.69 Å². The molecular weight excluding hydrogens is 322 g/mol. The van der Waals surface area contributed by atoms with Crippen molar-refractivity contribution in [1.29, 1.82) is 0 Å². The number of hydrogen-bond acceptors (Lipinski definition) is 5. The highest BCUT2D eigenvalue weighted by molar-refractivity contribution is 5.59. The van der Waals surface area contributed by atoms with Crippen LogP contribution in [0.3, 0.4) is 0 Å². The van der Waals surface area contributed by atoms with E-state index in [4.69, 9.17) is 0 Å². The van der Waals surface area contributed by atoms with Gasteiger partial charge in [-0.1, -0.05) is 6.07 Å². The van der Waals surface area contributed by atoms with Crippen molar-refractivity contribution in [2.45, 2.75) is 18.9 Å². The van der Waals surface area contributed by atoms with Crippen LogP contribution in [0.2, 0.25) is 0 Å². The van der Waals surface area contributed by atoms with Crippen LogP contribution in [0.1, 0.15) is 23.5 Å².